The first-order valence-corrected chi connectivity index (χ1v) is 6.07. The number of nitrogens with two attached hydrogens (primary N) is 1. The molecule has 3 N–H and O–H groups in total. The maximum absolute atomic E-state index is 9.80. The lowest BCUT2D eigenvalue weighted by molar-refractivity contribution is 0.374. The summed E-state index contributed by atoms with van der Waals surface area (Å²) in [6, 6.07) is 3.04. The average Bonchev–Trinajstić information content (AvgIpc) is 2.43. The van der Waals surface area contributed by atoms with Crippen LogP contribution >= 0.6 is 11.6 Å². The number of phenolic OH excluding ortho intramolecular Hbond substituents is 1. The van der Waals surface area contributed by atoms with Crippen molar-refractivity contribution in [2.75, 3.05) is 14.2 Å². The smallest absolute Gasteiger partial charge is 0.164 e. The summed E-state index contributed by atoms with van der Waals surface area (Å²) in [5.74, 6) is 0.615. The molecular formula is C13H13ClN4O2. The lowest BCUT2D eigenvalue weighted by atomic mass is 10.2. The number of hydrogen-bond acceptors (Lipinski definition) is 6. The Kier molecular flexibility index (Phi) is 4.05. The van der Waals surface area contributed by atoms with Gasteiger partial charge in [0.25, 0.3) is 0 Å². The number of nitrogens with zero attached hydrogens (tertiary/aromatic N) is 3. The Morgan fingerprint density at radius 3 is 2.80 bits per heavy atom. The highest BCUT2D eigenvalue weighted by atomic mass is 35.5. The van der Waals surface area contributed by atoms with Crippen molar-refractivity contribution in [2.24, 2.45) is 10.7 Å². The molecule has 0 saturated carbocycles. The van der Waals surface area contributed by atoms with Gasteiger partial charge in [0.05, 0.1) is 18.2 Å². The van der Waals surface area contributed by atoms with Gasteiger partial charge in [0.1, 0.15) is 5.15 Å². The van der Waals surface area contributed by atoms with E-state index in [0.717, 1.165) is 0 Å². The lowest BCUT2D eigenvalue weighted by Gasteiger charge is -2.08. The van der Waals surface area contributed by atoms with Gasteiger partial charge in [-0.3, -0.25) is 4.99 Å². The Balaban J connectivity index is 2.69. The van der Waals surface area contributed by atoms with E-state index in [4.69, 9.17) is 22.1 Å². The van der Waals surface area contributed by atoms with Crippen LogP contribution in [0.5, 0.6) is 11.5 Å². The Labute approximate surface area is 120 Å². The van der Waals surface area contributed by atoms with Crippen molar-refractivity contribution in [3.8, 4) is 11.5 Å². The zero-order valence-electron chi connectivity index (χ0n) is 11.0. The Bertz CT molecular complexity index is 713. The molecule has 7 heteroatoms. The molecule has 20 heavy (non-hydrogen) atoms. The normalized spacial score (nSPS) is 12.2. The molecule has 0 bridgehead atoms. The van der Waals surface area contributed by atoms with Crippen LogP contribution in [0.3, 0.4) is 0 Å². The van der Waals surface area contributed by atoms with Crippen LogP contribution in [0.1, 0.15) is 5.82 Å². The number of benzene rings is 1. The van der Waals surface area contributed by atoms with Crippen LogP contribution in [0, 0.1) is 0 Å². The van der Waals surface area contributed by atoms with Gasteiger partial charge in [0.2, 0.25) is 0 Å². The highest BCUT2D eigenvalue weighted by molar-refractivity contribution is 6.34. The molecule has 1 heterocycles. The van der Waals surface area contributed by atoms with Crippen molar-refractivity contribution < 1.29 is 9.84 Å². The summed E-state index contributed by atoms with van der Waals surface area (Å²) in [5, 5.41) is 10.6. The molecule has 2 aromatic rings. The van der Waals surface area contributed by atoms with Crippen molar-refractivity contribution in [3.05, 3.63) is 29.3 Å². The number of halogens is 1. The molecule has 6 nitrogen and oxygen atoms in total. The first-order chi connectivity index (χ1) is 9.60. The van der Waals surface area contributed by atoms with Gasteiger partial charge in [-0.05, 0) is 6.07 Å². The van der Waals surface area contributed by atoms with E-state index in [0.29, 0.717) is 28.0 Å². The first kappa shape index (κ1) is 14.1. The van der Waals surface area contributed by atoms with E-state index in [1.54, 1.807) is 13.1 Å². The number of phenols is 1. The molecule has 104 valence electrons. The number of aliphatic imine (C=N–C) groups is 1. The number of rotatable bonds is 3. The van der Waals surface area contributed by atoms with Crippen molar-refractivity contribution in [2.45, 2.75) is 0 Å². The van der Waals surface area contributed by atoms with Gasteiger partial charge in [-0.2, -0.15) is 0 Å². The summed E-state index contributed by atoms with van der Waals surface area (Å²) in [7, 11) is 3.07. The van der Waals surface area contributed by atoms with Crippen molar-refractivity contribution in [3.63, 3.8) is 0 Å². The molecule has 0 aliphatic rings. The predicted octanol–water partition coefficient (Wildman–Crippen LogP) is 2.00. The highest BCUT2D eigenvalue weighted by Gasteiger charge is 2.12. The van der Waals surface area contributed by atoms with Crippen molar-refractivity contribution in [1.82, 2.24) is 9.97 Å². The molecule has 0 fully saturated rings. The molecule has 0 spiro atoms. The van der Waals surface area contributed by atoms with Gasteiger partial charge in [0, 0.05) is 30.9 Å². The summed E-state index contributed by atoms with van der Waals surface area (Å²) in [6.45, 7) is 0. The molecule has 1 aromatic heterocycles. The minimum absolute atomic E-state index is 0.0249. The molecule has 0 aliphatic heterocycles. The molecule has 0 atom stereocenters. The van der Waals surface area contributed by atoms with E-state index in [1.165, 1.54) is 25.6 Å². The summed E-state index contributed by atoms with van der Waals surface area (Å²) in [6.07, 6.45) is 2.87. The maximum Gasteiger partial charge on any atom is 0.164 e. The van der Waals surface area contributed by atoms with E-state index in [1.807, 2.05) is 0 Å². The number of aromatic nitrogens is 2. The minimum Gasteiger partial charge on any atom is -0.504 e. The van der Waals surface area contributed by atoms with Gasteiger partial charge in [-0.15, -0.1) is 0 Å². The third-order valence-corrected chi connectivity index (χ3v) is 2.94. The number of methoxy groups -OCH3 is 1. The third kappa shape index (κ3) is 2.50. The fourth-order valence-electron chi connectivity index (χ4n) is 1.71. The number of ether oxygens (including phenoxy) is 1. The Hall–Kier alpha value is -2.34. The van der Waals surface area contributed by atoms with Crippen LogP contribution in [-0.4, -0.2) is 35.4 Å². The van der Waals surface area contributed by atoms with Crippen LogP contribution in [0.25, 0.3) is 16.5 Å². The number of allylic oxidation sites excluding steroid dienone is 1. The first-order valence-electron chi connectivity index (χ1n) is 5.69. The second kappa shape index (κ2) is 5.75. The van der Waals surface area contributed by atoms with E-state index < -0.39 is 0 Å². The van der Waals surface area contributed by atoms with Crippen molar-refractivity contribution in [1.29, 1.82) is 0 Å². The highest BCUT2D eigenvalue weighted by Crippen LogP contribution is 2.33. The molecule has 0 saturated heterocycles. The van der Waals surface area contributed by atoms with Gasteiger partial charge in [-0.25, -0.2) is 9.97 Å². The molecular weight excluding hydrogens is 280 g/mol. The fourth-order valence-corrected chi connectivity index (χ4v) is 1.95. The molecule has 0 amide bonds. The number of aromatic hydroxyl groups is 1. The Morgan fingerprint density at radius 2 is 2.20 bits per heavy atom. The summed E-state index contributed by atoms with van der Waals surface area (Å²) < 4.78 is 5.03. The minimum atomic E-state index is -0.0249. The standard InChI is InChI=1S/C13H13ClN4O2/c1-16-6-7(5-15)13-17-9-4-10(19)11(20-2)3-8(9)12(14)18-13/h3-6,19H,15H2,1-2H3/b7-5+,16-6?. The summed E-state index contributed by atoms with van der Waals surface area (Å²) >= 11 is 6.14. The van der Waals surface area contributed by atoms with Crippen LogP contribution in [0.2, 0.25) is 5.15 Å². The topological polar surface area (TPSA) is 93.6 Å². The van der Waals surface area contributed by atoms with E-state index in [-0.39, 0.29) is 10.9 Å². The second-order valence-corrected chi connectivity index (χ2v) is 4.25. The van der Waals surface area contributed by atoms with Crippen LogP contribution in [0.4, 0.5) is 0 Å². The maximum atomic E-state index is 9.80. The summed E-state index contributed by atoms with van der Waals surface area (Å²) in [5.41, 5.74) is 6.54. The van der Waals surface area contributed by atoms with Gasteiger partial charge < -0.3 is 15.6 Å². The molecule has 2 rings (SSSR count). The summed E-state index contributed by atoms with van der Waals surface area (Å²) in [4.78, 5) is 12.4. The van der Waals surface area contributed by atoms with Crippen molar-refractivity contribution >= 4 is 34.3 Å². The quantitative estimate of drug-likeness (QED) is 0.666. The monoisotopic (exact) mass is 292 g/mol. The second-order valence-electron chi connectivity index (χ2n) is 3.89. The van der Waals surface area contributed by atoms with Crippen LogP contribution in [-0.2, 0) is 0 Å². The van der Waals surface area contributed by atoms with E-state index >= 15 is 0 Å². The average molecular weight is 293 g/mol. The zero-order valence-corrected chi connectivity index (χ0v) is 11.7. The molecule has 0 radical (unpaired) electrons. The van der Waals surface area contributed by atoms with Crippen LogP contribution in [0.15, 0.2) is 23.3 Å². The van der Waals surface area contributed by atoms with Gasteiger partial charge in [-0.1, -0.05) is 11.6 Å². The molecule has 1 aromatic carbocycles. The third-order valence-electron chi connectivity index (χ3n) is 2.66. The largest absolute Gasteiger partial charge is 0.504 e. The van der Waals surface area contributed by atoms with E-state index in [2.05, 4.69) is 15.0 Å². The van der Waals surface area contributed by atoms with Gasteiger partial charge in [0.15, 0.2) is 17.3 Å². The van der Waals surface area contributed by atoms with Crippen LogP contribution < -0.4 is 10.5 Å². The predicted molar refractivity (Wildman–Crippen MR) is 79.3 cm³/mol. The molecule has 0 aliphatic carbocycles. The Morgan fingerprint density at radius 1 is 1.45 bits per heavy atom. The number of fused-ring (bicyclic) bond motifs is 1. The molecule has 0 unspecified atom stereocenters. The van der Waals surface area contributed by atoms with E-state index in [9.17, 15) is 5.11 Å². The number of hydrogen-bond donors (Lipinski definition) is 2. The SMILES string of the molecule is CN=C/C(=C\N)c1nc(Cl)c2cc(OC)c(O)cc2n1. The lowest BCUT2D eigenvalue weighted by Crippen LogP contribution is -2.00. The fraction of sp³-hybridized carbons (Fsp3) is 0.154. The zero-order chi connectivity index (χ0) is 14.7. The van der Waals surface area contributed by atoms with Gasteiger partial charge >= 0.3 is 0 Å².